The molecule has 170 valence electrons. The van der Waals surface area contributed by atoms with E-state index in [9.17, 15) is 5.11 Å². The van der Waals surface area contributed by atoms with Gasteiger partial charge in [-0.05, 0) is 82.8 Å². The van der Waals surface area contributed by atoms with E-state index in [4.69, 9.17) is 14.2 Å². The number of aromatic hydroxyl groups is 1. The first-order valence-electron chi connectivity index (χ1n) is 11.0. The van der Waals surface area contributed by atoms with E-state index < -0.39 is 0 Å². The van der Waals surface area contributed by atoms with Gasteiger partial charge in [0.15, 0.2) is 11.5 Å². The van der Waals surface area contributed by atoms with Gasteiger partial charge < -0.3 is 19.3 Å². The van der Waals surface area contributed by atoms with Crippen LogP contribution in [0, 0.1) is 3.57 Å². The molecule has 0 aliphatic carbocycles. The lowest BCUT2D eigenvalue weighted by atomic mass is 9.95. The normalized spacial score (nSPS) is 16.0. The highest BCUT2D eigenvalue weighted by atomic mass is 127. The molecule has 0 fully saturated rings. The summed E-state index contributed by atoms with van der Waals surface area (Å²) in [5.74, 6) is 1.53. The molecule has 1 N–H and O–H groups in total. The van der Waals surface area contributed by atoms with Crippen molar-refractivity contribution in [3.63, 3.8) is 0 Å². The van der Waals surface area contributed by atoms with Crippen LogP contribution in [0.2, 0.25) is 0 Å². The van der Waals surface area contributed by atoms with Gasteiger partial charge in [-0.2, -0.15) is 0 Å². The third-order valence-corrected chi connectivity index (χ3v) is 6.27. The van der Waals surface area contributed by atoms with Gasteiger partial charge in [0.25, 0.3) is 0 Å². The molecule has 1 aliphatic rings. The first-order chi connectivity index (χ1) is 15.5. The van der Waals surface area contributed by atoms with Gasteiger partial charge in [0.2, 0.25) is 0 Å². The predicted molar refractivity (Wildman–Crippen MR) is 138 cm³/mol. The van der Waals surface area contributed by atoms with Crippen molar-refractivity contribution in [1.29, 1.82) is 0 Å². The second kappa shape index (κ2) is 12.1. The van der Waals surface area contributed by atoms with Crippen molar-refractivity contribution >= 4 is 28.7 Å². The summed E-state index contributed by atoms with van der Waals surface area (Å²) in [6, 6.07) is 13.7. The second-order valence-electron chi connectivity index (χ2n) is 7.83. The van der Waals surface area contributed by atoms with E-state index in [1.807, 2.05) is 42.5 Å². The predicted octanol–water partition coefficient (Wildman–Crippen LogP) is 6.93. The molecule has 0 spiro atoms. The van der Waals surface area contributed by atoms with Crippen molar-refractivity contribution in [1.82, 2.24) is 0 Å². The van der Waals surface area contributed by atoms with Crippen molar-refractivity contribution in [2.75, 3.05) is 20.3 Å². The van der Waals surface area contributed by atoms with Crippen LogP contribution in [-0.4, -0.2) is 31.5 Å². The van der Waals surface area contributed by atoms with Gasteiger partial charge in [-0.3, -0.25) is 0 Å². The third kappa shape index (κ3) is 6.62. The van der Waals surface area contributed by atoms with Crippen molar-refractivity contribution in [2.24, 2.45) is 0 Å². The summed E-state index contributed by atoms with van der Waals surface area (Å²) in [4.78, 5) is 0. The lowest BCUT2D eigenvalue weighted by Gasteiger charge is -2.18. The molecule has 1 atom stereocenters. The van der Waals surface area contributed by atoms with Crippen molar-refractivity contribution < 1.29 is 19.3 Å². The van der Waals surface area contributed by atoms with Gasteiger partial charge >= 0.3 is 0 Å². The fraction of sp³-hybridized carbons (Fsp3) is 0.333. The van der Waals surface area contributed by atoms with Gasteiger partial charge in [0, 0.05) is 0 Å². The number of methoxy groups -OCH3 is 1. The molecule has 4 nitrogen and oxygen atoms in total. The molecule has 5 heteroatoms. The smallest absolute Gasteiger partial charge is 0.171 e. The Balaban J connectivity index is 1.63. The first kappa shape index (κ1) is 24.4. The third-order valence-electron chi connectivity index (χ3n) is 5.45. The van der Waals surface area contributed by atoms with Crippen LogP contribution in [0.25, 0.3) is 6.08 Å². The number of hydrogen-bond acceptors (Lipinski definition) is 4. The lowest BCUT2D eigenvalue weighted by Crippen LogP contribution is -2.15. The standard InChI is InChI=1S/C27H31IO4/c1-4-8-20(15-21-16-24(28)27(29)26(17-21)30-3)11-12-25-23(13-14-31-25)19(2)18-32-22-9-6-5-7-10-22/h5-7,9-10,13,15-17,25,29H,2,4,8,11-12,14,18H2,1,3H3/b20-15+. The summed E-state index contributed by atoms with van der Waals surface area (Å²) in [5.41, 5.74) is 4.51. The molecular formula is C27H31IO4. The number of hydrogen-bond donors (Lipinski definition) is 1. The minimum atomic E-state index is 0.0385. The average molecular weight is 546 g/mol. The molecular weight excluding hydrogens is 515 g/mol. The Morgan fingerprint density at radius 2 is 2.03 bits per heavy atom. The molecule has 0 aromatic heterocycles. The topological polar surface area (TPSA) is 47.9 Å². The minimum absolute atomic E-state index is 0.0385. The summed E-state index contributed by atoms with van der Waals surface area (Å²) in [7, 11) is 1.57. The Labute approximate surface area is 204 Å². The number of phenolic OH excluding ortho intramolecular Hbond substituents is 1. The quantitative estimate of drug-likeness (QED) is 0.311. The molecule has 32 heavy (non-hydrogen) atoms. The Morgan fingerprint density at radius 1 is 1.25 bits per heavy atom. The molecule has 2 aromatic carbocycles. The Bertz CT molecular complexity index is 979. The van der Waals surface area contributed by atoms with Crippen LogP contribution >= 0.6 is 22.6 Å². The SMILES string of the molecule is C=C(COc1ccccc1)C1=CCOC1CC/C(=C/c1cc(I)c(O)c(OC)c1)CCC. The molecule has 0 saturated heterocycles. The van der Waals surface area contributed by atoms with E-state index in [1.54, 1.807) is 7.11 Å². The number of rotatable bonds is 11. The van der Waals surface area contributed by atoms with E-state index in [1.165, 1.54) is 5.57 Å². The van der Waals surface area contributed by atoms with E-state index >= 15 is 0 Å². The highest BCUT2D eigenvalue weighted by Crippen LogP contribution is 2.34. The van der Waals surface area contributed by atoms with Gasteiger partial charge in [-0.1, -0.05) is 55.8 Å². The van der Waals surface area contributed by atoms with Crippen LogP contribution in [-0.2, 0) is 4.74 Å². The molecule has 1 aliphatic heterocycles. The maximum Gasteiger partial charge on any atom is 0.171 e. The number of allylic oxidation sites excluding steroid dienone is 1. The van der Waals surface area contributed by atoms with E-state index in [0.29, 0.717) is 19.0 Å². The van der Waals surface area contributed by atoms with Crippen LogP contribution in [0.3, 0.4) is 0 Å². The second-order valence-corrected chi connectivity index (χ2v) is 8.99. The Kier molecular flexibility index (Phi) is 9.23. The fourth-order valence-corrected chi connectivity index (χ4v) is 4.46. The Morgan fingerprint density at radius 3 is 2.75 bits per heavy atom. The molecule has 1 unspecified atom stereocenters. The number of phenols is 1. The first-order valence-corrected chi connectivity index (χ1v) is 12.0. The van der Waals surface area contributed by atoms with Crippen LogP contribution in [0.5, 0.6) is 17.2 Å². The molecule has 2 aromatic rings. The zero-order chi connectivity index (χ0) is 22.9. The monoisotopic (exact) mass is 546 g/mol. The summed E-state index contributed by atoms with van der Waals surface area (Å²) in [6.07, 6.45) is 8.29. The van der Waals surface area contributed by atoms with Gasteiger partial charge in [0.05, 0.1) is 23.4 Å². The van der Waals surface area contributed by atoms with E-state index in [0.717, 1.165) is 51.7 Å². The number of halogens is 1. The maximum atomic E-state index is 10.1. The van der Waals surface area contributed by atoms with Crippen molar-refractivity contribution in [3.05, 3.63) is 81.0 Å². The van der Waals surface area contributed by atoms with Gasteiger partial charge in [-0.25, -0.2) is 0 Å². The zero-order valence-corrected chi connectivity index (χ0v) is 20.9. The number of para-hydroxylation sites is 1. The van der Waals surface area contributed by atoms with E-state index in [2.05, 4.69) is 48.2 Å². The summed E-state index contributed by atoms with van der Waals surface area (Å²) in [5, 5.41) is 10.1. The van der Waals surface area contributed by atoms with Crippen LogP contribution in [0.4, 0.5) is 0 Å². The largest absolute Gasteiger partial charge is 0.504 e. The highest BCUT2D eigenvalue weighted by molar-refractivity contribution is 14.1. The van der Waals surface area contributed by atoms with Crippen LogP contribution in [0.15, 0.2) is 71.8 Å². The van der Waals surface area contributed by atoms with E-state index in [-0.39, 0.29) is 11.9 Å². The zero-order valence-electron chi connectivity index (χ0n) is 18.8. The molecule has 1 heterocycles. The average Bonchev–Trinajstić information content (AvgIpc) is 3.27. The van der Waals surface area contributed by atoms with Crippen LogP contribution in [0.1, 0.15) is 38.2 Å². The van der Waals surface area contributed by atoms with Gasteiger partial charge in [0.1, 0.15) is 12.4 Å². The van der Waals surface area contributed by atoms with Crippen LogP contribution < -0.4 is 9.47 Å². The van der Waals surface area contributed by atoms with Gasteiger partial charge in [-0.15, -0.1) is 0 Å². The fourth-order valence-electron chi connectivity index (χ4n) is 3.83. The Hall–Kier alpha value is -2.25. The van der Waals surface area contributed by atoms with Crippen molar-refractivity contribution in [3.8, 4) is 17.2 Å². The summed E-state index contributed by atoms with van der Waals surface area (Å²) in [6.45, 7) is 7.51. The van der Waals surface area contributed by atoms with Crippen molar-refractivity contribution in [2.45, 2.75) is 38.7 Å². The lowest BCUT2D eigenvalue weighted by molar-refractivity contribution is 0.116. The molecule has 0 amide bonds. The summed E-state index contributed by atoms with van der Waals surface area (Å²) >= 11 is 2.13. The highest BCUT2D eigenvalue weighted by Gasteiger charge is 2.22. The molecule has 3 rings (SSSR count). The maximum absolute atomic E-state index is 10.1. The number of ether oxygens (including phenoxy) is 3. The minimum Gasteiger partial charge on any atom is -0.504 e. The molecule has 0 bridgehead atoms. The number of benzene rings is 2. The summed E-state index contributed by atoms with van der Waals surface area (Å²) < 4.78 is 18.0. The molecule has 0 saturated carbocycles. The molecule has 0 radical (unpaired) electrons.